The summed E-state index contributed by atoms with van der Waals surface area (Å²) in [6.45, 7) is 5.27. The second-order valence-electron chi connectivity index (χ2n) is 6.39. The number of amides is 1. The van der Waals surface area contributed by atoms with Crippen molar-refractivity contribution in [2.75, 3.05) is 12.1 Å². The zero-order valence-corrected chi connectivity index (χ0v) is 14.5. The number of imidazole rings is 1. The molecule has 2 heterocycles. The lowest BCUT2D eigenvalue weighted by Gasteiger charge is -2.25. The number of H-pyrrole nitrogens is 1. The number of carbonyl (C=O) groups is 1. The summed E-state index contributed by atoms with van der Waals surface area (Å²) < 4.78 is 6.54. The maximum absolute atomic E-state index is 12.4. The summed E-state index contributed by atoms with van der Waals surface area (Å²) in [5, 5.41) is 1.98. The molecule has 7 nitrogen and oxygen atoms in total. The predicted molar refractivity (Wildman–Crippen MR) is 93.2 cm³/mol. The molecule has 0 unspecified atom stereocenters. The van der Waals surface area contributed by atoms with Crippen LogP contribution < -0.4 is 10.7 Å². The van der Waals surface area contributed by atoms with Gasteiger partial charge in [0.15, 0.2) is 5.15 Å². The highest BCUT2D eigenvalue weighted by molar-refractivity contribution is 6.35. The summed E-state index contributed by atoms with van der Waals surface area (Å²) in [5.74, 6) is 0. The minimum atomic E-state index is -0.678. The molecule has 0 aliphatic rings. The van der Waals surface area contributed by atoms with Gasteiger partial charge in [0.05, 0.1) is 5.52 Å². The SMILES string of the molecule is CN(C(=O)OC(C)(C)C)n1c(=O)[nH]c2c(Cl)nc3ccccc3c21. The van der Waals surface area contributed by atoms with E-state index in [9.17, 15) is 9.59 Å². The van der Waals surface area contributed by atoms with Gasteiger partial charge >= 0.3 is 11.8 Å². The first kappa shape index (κ1) is 16.3. The Bertz CT molecular complexity index is 1000. The van der Waals surface area contributed by atoms with E-state index in [-0.39, 0.29) is 5.15 Å². The number of ether oxygens (including phenoxy) is 1. The van der Waals surface area contributed by atoms with E-state index in [4.69, 9.17) is 16.3 Å². The molecular formula is C16H17ClN4O3. The summed E-state index contributed by atoms with van der Waals surface area (Å²) in [5.41, 5.74) is 0.293. The fourth-order valence-corrected chi connectivity index (χ4v) is 2.68. The van der Waals surface area contributed by atoms with Gasteiger partial charge in [0, 0.05) is 12.4 Å². The number of aromatic amines is 1. The van der Waals surface area contributed by atoms with E-state index in [0.29, 0.717) is 21.9 Å². The van der Waals surface area contributed by atoms with E-state index in [0.717, 1.165) is 5.01 Å². The van der Waals surface area contributed by atoms with Crippen molar-refractivity contribution in [3.05, 3.63) is 39.9 Å². The zero-order chi connectivity index (χ0) is 17.6. The third-order valence-corrected chi connectivity index (χ3v) is 3.69. The number of rotatable bonds is 1. The molecule has 0 radical (unpaired) electrons. The molecule has 1 amide bonds. The van der Waals surface area contributed by atoms with Gasteiger partial charge in [-0.2, -0.15) is 4.68 Å². The Balaban J connectivity index is 2.26. The zero-order valence-electron chi connectivity index (χ0n) is 13.8. The number of para-hydroxylation sites is 1. The quantitative estimate of drug-likeness (QED) is 0.685. The summed E-state index contributed by atoms with van der Waals surface area (Å²) in [4.78, 5) is 31.7. The van der Waals surface area contributed by atoms with Crippen LogP contribution in [0, 0.1) is 0 Å². The molecule has 0 aliphatic carbocycles. The van der Waals surface area contributed by atoms with Crippen LogP contribution in [0.5, 0.6) is 0 Å². The summed E-state index contributed by atoms with van der Waals surface area (Å²) in [6, 6.07) is 7.25. The first-order valence-electron chi connectivity index (χ1n) is 7.35. The van der Waals surface area contributed by atoms with Crippen molar-refractivity contribution >= 4 is 39.6 Å². The van der Waals surface area contributed by atoms with E-state index in [2.05, 4.69) is 9.97 Å². The number of hydrogen-bond donors (Lipinski definition) is 1. The largest absolute Gasteiger partial charge is 0.442 e. The molecule has 3 aromatic rings. The van der Waals surface area contributed by atoms with Crippen LogP contribution in [-0.4, -0.2) is 33.4 Å². The van der Waals surface area contributed by atoms with E-state index in [1.165, 1.54) is 11.7 Å². The van der Waals surface area contributed by atoms with Crippen LogP contribution in [0.3, 0.4) is 0 Å². The third-order valence-electron chi connectivity index (χ3n) is 3.41. The van der Waals surface area contributed by atoms with Crippen LogP contribution in [-0.2, 0) is 4.74 Å². The van der Waals surface area contributed by atoms with E-state index >= 15 is 0 Å². The first-order chi connectivity index (χ1) is 11.2. The Morgan fingerprint density at radius 1 is 1.33 bits per heavy atom. The smallest absolute Gasteiger partial charge is 0.429 e. The molecule has 1 aromatic carbocycles. The van der Waals surface area contributed by atoms with Crippen molar-refractivity contribution in [2.45, 2.75) is 26.4 Å². The number of carbonyl (C=O) groups excluding carboxylic acids is 1. The van der Waals surface area contributed by atoms with Crippen molar-refractivity contribution in [2.24, 2.45) is 0 Å². The average molecular weight is 349 g/mol. The van der Waals surface area contributed by atoms with Gasteiger partial charge in [0.2, 0.25) is 0 Å². The summed E-state index contributed by atoms with van der Waals surface area (Å²) in [7, 11) is 1.46. The van der Waals surface area contributed by atoms with Gasteiger partial charge in [-0.3, -0.25) is 0 Å². The second kappa shape index (κ2) is 5.52. The van der Waals surface area contributed by atoms with Gasteiger partial charge in [0.1, 0.15) is 16.6 Å². The number of nitrogens with zero attached hydrogens (tertiary/aromatic N) is 3. The van der Waals surface area contributed by atoms with Crippen LogP contribution in [0.1, 0.15) is 20.8 Å². The lowest BCUT2D eigenvalue weighted by Crippen LogP contribution is -2.45. The highest BCUT2D eigenvalue weighted by atomic mass is 35.5. The lowest BCUT2D eigenvalue weighted by atomic mass is 10.2. The minimum Gasteiger partial charge on any atom is -0.442 e. The van der Waals surface area contributed by atoms with Gasteiger partial charge in [-0.05, 0) is 26.8 Å². The molecule has 3 rings (SSSR count). The number of nitrogens with one attached hydrogen (secondary N) is 1. The number of benzene rings is 1. The lowest BCUT2D eigenvalue weighted by molar-refractivity contribution is 0.0551. The average Bonchev–Trinajstić information content (AvgIpc) is 2.83. The molecule has 24 heavy (non-hydrogen) atoms. The van der Waals surface area contributed by atoms with E-state index in [1.54, 1.807) is 26.8 Å². The van der Waals surface area contributed by atoms with Gasteiger partial charge < -0.3 is 9.72 Å². The highest BCUT2D eigenvalue weighted by Crippen LogP contribution is 2.27. The summed E-state index contributed by atoms with van der Waals surface area (Å²) in [6.07, 6.45) is -0.650. The van der Waals surface area contributed by atoms with Crippen LogP contribution in [0.4, 0.5) is 4.79 Å². The number of aromatic nitrogens is 3. The summed E-state index contributed by atoms with van der Waals surface area (Å²) >= 11 is 6.18. The molecule has 0 saturated heterocycles. The molecule has 1 N–H and O–H groups in total. The van der Waals surface area contributed by atoms with Crippen molar-refractivity contribution in [1.29, 1.82) is 0 Å². The van der Waals surface area contributed by atoms with Gasteiger partial charge in [-0.15, -0.1) is 0 Å². The molecule has 8 heteroatoms. The van der Waals surface area contributed by atoms with Gasteiger partial charge in [-0.25, -0.2) is 19.6 Å². The Kier molecular flexibility index (Phi) is 3.76. The maximum atomic E-state index is 12.4. The number of pyridine rings is 1. The van der Waals surface area contributed by atoms with Crippen LogP contribution >= 0.6 is 11.6 Å². The van der Waals surface area contributed by atoms with Crippen molar-refractivity contribution in [3.63, 3.8) is 0 Å². The predicted octanol–water partition coefficient (Wildman–Crippen LogP) is 3.03. The second-order valence-corrected chi connectivity index (χ2v) is 6.75. The topological polar surface area (TPSA) is 80.2 Å². The Morgan fingerprint density at radius 2 is 2.00 bits per heavy atom. The molecule has 126 valence electrons. The van der Waals surface area contributed by atoms with Crippen LogP contribution in [0.2, 0.25) is 5.15 Å². The van der Waals surface area contributed by atoms with E-state index < -0.39 is 17.4 Å². The Labute approximate surface area is 142 Å². The minimum absolute atomic E-state index is 0.164. The molecule has 0 atom stereocenters. The highest BCUT2D eigenvalue weighted by Gasteiger charge is 2.25. The maximum Gasteiger partial charge on any atom is 0.429 e. The number of fused-ring (bicyclic) bond motifs is 3. The molecule has 0 bridgehead atoms. The molecule has 0 saturated carbocycles. The number of halogens is 1. The molecule has 2 aromatic heterocycles. The molecule has 0 aliphatic heterocycles. The normalized spacial score (nSPS) is 11.9. The third kappa shape index (κ3) is 2.71. The number of hydrogen-bond acceptors (Lipinski definition) is 4. The van der Waals surface area contributed by atoms with Gasteiger partial charge in [0.25, 0.3) is 0 Å². The van der Waals surface area contributed by atoms with Crippen LogP contribution in [0.15, 0.2) is 29.1 Å². The fourth-order valence-electron chi connectivity index (χ4n) is 2.45. The van der Waals surface area contributed by atoms with Crippen molar-refractivity contribution in [1.82, 2.24) is 14.6 Å². The molecule has 0 fully saturated rings. The standard InChI is InChI=1S/C16H17ClN4O3/c1-16(2,3)24-15(23)20(4)21-12-9-7-5-6-8-10(9)18-13(17)11(12)19-14(21)22/h5-8H,1-4H3,(H,19,22). The Hall–Kier alpha value is -2.54. The van der Waals surface area contributed by atoms with Crippen molar-refractivity contribution in [3.8, 4) is 0 Å². The first-order valence-corrected chi connectivity index (χ1v) is 7.73. The van der Waals surface area contributed by atoms with E-state index in [1.807, 2.05) is 18.2 Å². The molecule has 0 spiro atoms. The fraction of sp³-hybridized carbons (Fsp3) is 0.312. The van der Waals surface area contributed by atoms with Crippen molar-refractivity contribution < 1.29 is 9.53 Å². The van der Waals surface area contributed by atoms with Crippen LogP contribution in [0.25, 0.3) is 21.9 Å². The van der Waals surface area contributed by atoms with Gasteiger partial charge in [-0.1, -0.05) is 29.8 Å². The monoisotopic (exact) mass is 348 g/mol. The Morgan fingerprint density at radius 3 is 2.67 bits per heavy atom. The molecular weight excluding hydrogens is 332 g/mol.